The van der Waals surface area contributed by atoms with Gasteiger partial charge in [-0.15, -0.1) is 0 Å². The Bertz CT molecular complexity index is 374. The molecule has 1 heterocycles. The summed E-state index contributed by atoms with van der Waals surface area (Å²) in [6.45, 7) is 8.60. The molecule has 0 amide bonds. The predicted molar refractivity (Wildman–Crippen MR) is 70.4 cm³/mol. The van der Waals surface area contributed by atoms with E-state index in [-0.39, 0.29) is 0 Å². The minimum atomic E-state index is 0.476. The molecule has 1 aromatic carbocycles. The SMILES string of the molecule is CCN(CC)C1CNCc2ccc(OC)cc21. The Balaban J connectivity index is 2.34. The summed E-state index contributed by atoms with van der Waals surface area (Å²) in [5.41, 5.74) is 2.82. The van der Waals surface area contributed by atoms with Crippen molar-refractivity contribution in [2.45, 2.75) is 26.4 Å². The van der Waals surface area contributed by atoms with Crippen molar-refractivity contribution in [1.82, 2.24) is 10.2 Å². The fraction of sp³-hybridized carbons (Fsp3) is 0.571. The lowest BCUT2D eigenvalue weighted by atomic mass is 9.95. The van der Waals surface area contributed by atoms with Gasteiger partial charge in [-0.25, -0.2) is 0 Å². The highest BCUT2D eigenvalue weighted by molar-refractivity contribution is 5.39. The number of hydrogen-bond donors (Lipinski definition) is 1. The summed E-state index contributed by atoms with van der Waals surface area (Å²) in [5, 5.41) is 3.50. The van der Waals surface area contributed by atoms with Crippen molar-refractivity contribution < 1.29 is 4.74 Å². The van der Waals surface area contributed by atoms with Crippen LogP contribution in [0.3, 0.4) is 0 Å². The highest BCUT2D eigenvalue weighted by Crippen LogP contribution is 2.30. The fourth-order valence-corrected chi connectivity index (χ4v) is 2.61. The van der Waals surface area contributed by atoms with Gasteiger partial charge >= 0.3 is 0 Å². The van der Waals surface area contributed by atoms with E-state index in [2.05, 4.69) is 36.2 Å². The van der Waals surface area contributed by atoms with E-state index in [0.29, 0.717) is 6.04 Å². The van der Waals surface area contributed by atoms with Crippen LogP contribution < -0.4 is 10.1 Å². The van der Waals surface area contributed by atoms with E-state index in [4.69, 9.17) is 4.74 Å². The van der Waals surface area contributed by atoms with Gasteiger partial charge in [0.1, 0.15) is 5.75 Å². The number of hydrogen-bond acceptors (Lipinski definition) is 3. The molecule has 0 fully saturated rings. The van der Waals surface area contributed by atoms with Gasteiger partial charge in [0.15, 0.2) is 0 Å². The molecule has 0 spiro atoms. The number of rotatable bonds is 4. The summed E-state index contributed by atoms with van der Waals surface area (Å²) in [4.78, 5) is 2.49. The fourth-order valence-electron chi connectivity index (χ4n) is 2.61. The zero-order valence-corrected chi connectivity index (χ0v) is 11.0. The summed E-state index contributed by atoms with van der Waals surface area (Å²) in [5.74, 6) is 0.961. The molecule has 1 unspecified atom stereocenters. The smallest absolute Gasteiger partial charge is 0.119 e. The van der Waals surface area contributed by atoms with Crippen molar-refractivity contribution in [3.63, 3.8) is 0 Å². The van der Waals surface area contributed by atoms with Gasteiger partial charge in [0.2, 0.25) is 0 Å². The zero-order valence-electron chi connectivity index (χ0n) is 11.0. The van der Waals surface area contributed by atoms with Crippen LogP contribution in [0.2, 0.25) is 0 Å². The number of ether oxygens (including phenoxy) is 1. The molecular weight excluding hydrogens is 212 g/mol. The van der Waals surface area contributed by atoms with E-state index in [1.807, 2.05) is 6.07 Å². The standard InChI is InChI=1S/C14H22N2O/c1-4-16(5-2)14-10-15-9-11-6-7-12(17-3)8-13(11)14/h6-8,14-15H,4-5,9-10H2,1-3H3. The summed E-state index contributed by atoms with van der Waals surface area (Å²) < 4.78 is 5.34. The molecule has 94 valence electrons. The lowest BCUT2D eigenvalue weighted by Crippen LogP contribution is -2.39. The van der Waals surface area contributed by atoms with Gasteiger partial charge in [0.05, 0.1) is 7.11 Å². The first-order valence-corrected chi connectivity index (χ1v) is 6.41. The highest BCUT2D eigenvalue weighted by atomic mass is 16.5. The second kappa shape index (κ2) is 5.52. The number of methoxy groups -OCH3 is 1. The summed E-state index contributed by atoms with van der Waals surface area (Å²) in [7, 11) is 1.73. The van der Waals surface area contributed by atoms with Gasteiger partial charge < -0.3 is 10.1 Å². The van der Waals surface area contributed by atoms with Crippen molar-refractivity contribution >= 4 is 0 Å². The van der Waals surface area contributed by atoms with Gasteiger partial charge in [-0.1, -0.05) is 19.9 Å². The van der Waals surface area contributed by atoms with E-state index >= 15 is 0 Å². The Morgan fingerprint density at radius 1 is 1.35 bits per heavy atom. The number of benzene rings is 1. The van der Waals surface area contributed by atoms with E-state index < -0.39 is 0 Å². The first-order valence-electron chi connectivity index (χ1n) is 6.41. The first-order chi connectivity index (χ1) is 8.30. The van der Waals surface area contributed by atoms with Crippen LogP contribution in [-0.4, -0.2) is 31.6 Å². The Labute approximate surface area is 104 Å². The Hall–Kier alpha value is -1.06. The molecular formula is C14H22N2O. The molecule has 0 bridgehead atoms. The Morgan fingerprint density at radius 2 is 2.12 bits per heavy atom. The Morgan fingerprint density at radius 3 is 2.76 bits per heavy atom. The monoisotopic (exact) mass is 234 g/mol. The van der Waals surface area contributed by atoms with Crippen molar-refractivity contribution in [1.29, 1.82) is 0 Å². The van der Waals surface area contributed by atoms with Crippen LogP contribution in [0, 0.1) is 0 Å². The van der Waals surface area contributed by atoms with Crippen LogP contribution in [-0.2, 0) is 6.54 Å². The first kappa shape index (κ1) is 12.4. The molecule has 3 heteroatoms. The van der Waals surface area contributed by atoms with Gasteiger partial charge in [0, 0.05) is 19.1 Å². The molecule has 1 atom stereocenters. The third-order valence-electron chi connectivity index (χ3n) is 3.62. The van der Waals surface area contributed by atoms with Crippen LogP contribution in [0.1, 0.15) is 31.0 Å². The van der Waals surface area contributed by atoms with Crippen LogP contribution in [0.25, 0.3) is 0 Å². The van der Waals surface area contributed by atoms with Gasteiger partial charge in [0.25, 0.3) is 0 Å². The molecule has 0 saturated carbocycles. The normalized spacial score (nSPS) is 19.2. The predicted octanol–water partition coefficient (Wildman–Crippen LogP) is 2.18. The second-order valence-electron chi connectivity index (χ2n) is 4.43. The molecule has 1 aromatic rings. The van der Waals surface area contributed by atoms with Crippen molar-refractivity contribution in [3.8, 4) is 5.75 Å². The molecule has 0 aliphatic carbocycles. The minimum absolute atomic E-state index is 0.476. The molecule has 0 saturated heterocycles. The number of likely N-dealkylation sites (N-methyl/N-ethyl adjacent to an activating group) is 1. The van der Waals surface area contributed by atoms with Crippen molar-refractivity contribution in [2.75, 3.05) is 26.7 Å². The molecule has 17 heavy (non-hydrogen) atoms. The van der Waals surface area contributed by atoms with Crippen LogP contribution in [0.15, 0.2) is 18.2 Å². The lowest BCUT2D eigenvalue weighted by Gasteiger charge is -2.35. The van der Waals surface area contributed by atoms with E-state index in [0.717, 1.165) is 31.9 Å². The average molecular weight is 234 g/mol. The summed E-state index contributed by atoms with van der Waals surface area (Å²) in [6.07, 6.45) is 0. The second-order valence-corrected chi connectivity index (χ2v) is 4.43. The molecule has 0 aromatic heterocycles. The van der Waals surface area contributed by atoms with Crippen LogP contribution in [0.4, 0.5) is 0 Å². The van der Waals surface area contributed by atoms with Crippen LogP contribution >= 0.6 is 0 Å². The van der Waals surface area contributed by atoms with Crippen molar-refractivity contribution in [2.24, 2.45) is 0 Å². The molecule has 2 rings (SSSR count). The maximum atomic E-state index is 5.34. The molecule has 1 N–H and O–H groups in total. The molecule has 3 nitrogen and oxygen atoms in total. The van der Waals surface area contributed by atoms with Gasteiger partial charge in [-0.2, -0.15) is 0 Å². The average Bonchev–Trinajstić information content (AvgIpc) is 2.40. The quantitative estimate of drug-likeness (QED) is 0.864. The maximum Gasteiger partial charge on any atom is 0.119 e. The van der Waals surface area contributed by atoms with Crippen molar-refractivity contribution in [3.05, 3.63) is 29.3 Å². The molecule has 0 radical (unpaired) electrons. The molecule has 1 aliphatic rings. The van der Waals surface area contributed by atoms with E-state index in [1.165, 1.54) is 11.1 Å². The molecule has 1 aliphatic heterocycles. The maximum absolute atomic E-state index is 5.34. The van der Waals surface area contributed by atoms with E-state index in [1.54, 1.807) is 7.11 Å². The third kappa shape index (κ3) is 2.45. The zero-order chi connectivity index (χ0) is 12.3. The third-order valence-corrected chi connectivity index (χ3v) is 3.62. The highest BCUT2D eigenvalue weighted by Gasteiger charge is 2.24. The van der Waals surface area contributed by atoms with Gasteiger partial charge in [-0.05, 0) is 36.3 Å². The number of fused-ring (bicyclic) bond motifs is 1. The summed E-state index contributed by atoms with van der Waals surface area (Å²) in [6, 6.07) is 6.89. The largest absolute Gasteiger partial charge is 0.497 e. The number of nitrogens with one attached hydrogen (secondary N) is 1. The topological polar surface area (TPSA) is 24.5 Å². The Kier molecular flexibility index (Phi) is 4.02. The lowest BCUT2D eigenvalue weighted by molar-refractivity contribution is 0.204. The van der Waals surface area contributed by atoms with Gasteiger partial charge in [-0.3, -0.25) is 4.90 Å². The summed E-state index contributed by atoms with van der Waals surface area (Å²) >= 11 is 0. The van der Waals surface area contributed by atoms with Crippen LogP contribution in [0.5, 0.6) is 5.75 Å². The minimum Gasteiger partial charge on any atom is -0.497 e. The number of nitrogens with zero attached hydrogens (tertiary/aromatic N) is 1. The van der Waals surface area contributed by atoms with E-state index in [9.17, 15) is 0 Å².